The molecule has 5 nitrogen and oxygen atoms in total. The number of nitrogens with two attached hydrogens (primary N) is 2. The number of hydrogen-bond donors (Lipinski definition) is 3. The summed E-state index contributed by atoms with van der Waals surface area (Å²) in [6.07, 6.45) is 2.15. The van der Waals surface area contributed by atoms with Gasteiger partial charge in [-0.05, 0) is 6.42 Å². The minimum Gasteiger partial charge on any atom is -0.480 e. The average molecular weight is 225 g/mol. The molecule has 1 aliphatic heterocycles. The third-order valence-electron chi connectivity index (χ3n) is 3.29. The molecule has 5 N–H and O–H groups in total. The normalized spacial score (nSPS) is 30.8. The van der Waals surface area contributed by atoms with E-state index in [1.807, 2.05) is 4.90 Å². The summed E-state index contributed by atoms with van der Waals surface area (Å²) in [7, 11) is 5.44. The van der Waals surface area contributed by atoms with E-state index in [1.54, 1.807) is 0 Å². The number of hydrogen-bond acceptors (Lipinski definition) is 4. The van der Waals surface area contributed by atoms with Gasteiger partial charge < -0.3 is 16.6 Å². The number of carboxylic acids is 1. The molecular weight excluding hydrogens is 205 g/mol. The summed E-state index contributed by atoms with van der Waals surface area (Å²) in [5.41, 5.74) is 10.3. The Labute approximate surface area is 97.6 Å². The summed E-state index contributed by atoms with van der Waals surface area (Å²) in [5, 5.41) is 9.21. The standard InChI is InChI=1S/C10H20BN3O2/c11-3-1-2-8-6-14(5-4-12)7-10(8,13)9(15)16/h8H,1-7,12-13H2,(H,15,16)/t8-,10-/m0/s1. The van der Waals surface area contributed by atoms with Crippen LogP contribution in [0.2, 0.25) is 6.32 Å². The zero-order chi connectivity index (χ0) is 12.2. The lowest BCUT2D eigenvalue weighted by Crippen LogP contribution is -2.54. The Morgan fingerprint density at radius 1 is 1.62 bits per heavy atom. The molecule has 0 aromatic rings. The summed E-state index contributed by atoms with van der Waals surface area (Å²) in [4.78, 5) is 13.3. The van der Waals surface area contributed by atoms with Gasteiger partial charge in [0, 0.05) is 32.1 Å². The number of likely N-dealkylation sites (tertiary alicyclic amines) is 1. The first-order valence-electron chi connectivity index (χ1n) is 5.69. The second-order valence-electron chi connectivity index (χ2n) is 4.50. The second-order valence-corrected chi connectivity index (χ2v) is 4.50. The molecule has 0 bridgehead atoms. The highest BCUT2D eigenvalue weighted by Crippen LogP contribution is 2.29. The minimum atomic E-state index is -1.13. The van der Waals surface area contributed by atoms with Crippen molar-refractivity contribution in [2.45, 2.75) is 24.7 Å². The minimum absolute atomic E-state index is 0.0277. The van der Waals surface area contributed by atoms with Crippen molar-refractivity contribution >= 4 is 13.8 Å². The Morgan fingerprint density at radius 2 is 2.31 bits per heavy atom. The van der Waals surface area contributed by atoms with Crippen molar-refractivity contribution in [1.29, 1.82) is 0 Å². The largest absolute Gasteiger partial charge is 0.480 e. The summed E-state index contributed by atoms with van der Waals surface area (Å²) in [5.74, 6) is -0.950. The lowest BCUT2D eigenvalue weighted by atomic mass is 9.83. The van der Waals surface area contributed by atoms with Gasteiger partial charge in [0.25, 0.3) is 0 Å². The van der Waals surface area contributed by atoms with Crippen LogP contribution < -0.4 is 11.5 Å². The van der Waals surface area contributed by atoms with Crippen LogP contribution in [0.5, 0.6) is 0 Å². The van der Waals surface area contributed by atoms with E-state index in [-0.39, 0.29) is 5.92 Å². The maximum absolute atomic E-state index is 11.2. The van der Waals surface area contributed by atoms with E-state index in [9.17, 15) is 9.90 Å². The van der Waals surface area contributed by atoms with Crippen LogP contribution in [0.1, 0.15) is 12.8 Å². The molecule has 90 valence electrons. The first kappa shape index (κ1) is 13.5. The molecule has 1 aliphatic rings. The molecule has 2 radical (unpaired) electrons. The molecule has 2 atom stereocenters. The van der Waals surface area contributed by atoms with Crippen LogP contribution in [-0.4, -0.2) is 55.5 Å². The van der Waals surface area contributed by atoms with Crippen LogP contribution in [0.4, 0.5) is 0 Å². The smallest absolute Gasteiger partial charge is 0.325 e. The van der Waals surface area contributed by atoms with Crippen molar-refractivity contribution < 1.29 is 9.90 Å². The van der Waals surface area contributed by atoms with Crippen molar-refractivity contribution in [2.75, 3.05) is 26.2 Å². The summed E-state index contributed by atoms with van der Waals surface area (Å²) >= 11 is 0. The Morgan fingerprint density at radius 3 is 2.81 bits per heavy atom. The van der Waals surface area contributed by atoms with Gasteiger partial charge in [-0.2, -0.15) is 0 Å². The van der Waals surface area contributed by atoms with Crippen molar-refractivity contribution in [3.8, 4) is 0 Å². The van der Waals surface area contributed by atoms with Crippen LogP contribution in [-0.2, 0) is 4.79 Å². The molecule has 0 unspecified atom stereocenters. The number of carboxylic acid groups (broad SMARTS) is 1. The van der Waals surface area contributed by atoms with Gasteiger partial charge in [0.1, 0.15) is 5.54 Å². The van der Waals surface area contributed by atoms with Gasteiger partial charge in [0.2, 0.25) is 0 Å². The van der Waals surface area contributed by atoms with Crippen molar-refractivity contribution in [3.05, 3.63) is 0 Å². The molecule has 0 saturated carbocycles. The maximum atomic E-state index is 11.2. The Bertz CT molecular complexity index is 252. The van der Waals surface area contributed by atoms with Crippen LogP contribution in [0.3, 0.4) is 0 Å². The highest BCUT2D eigenvalue weighted by molar-refractivity contribution is 6.08. The number of aliphatic carboxylic acids is 1. The van der Waals surface area contributed by atoms with Gasteiger partial charge in [-0.1, -0.05) is 12.7 Å². The molecule has 0 aliphatic carbocycles. The van der Waals surface area contributed by atoms with Gasteiger partial charge in [-0.3, -0.25) is 9.69 Å². The summed E-state index contributed by atoms with van der Waals surface area (Å²) in [6, 6.07) is 0. The maximum Gasteiger partial charge on any atom is 0.325 e. The molecule has 1 heterocycles. The van der Waals surface area contributed by atoms with Crippen molar-refractivity contribution in [2.24, 2.45) is 17.4 Å². The molecule has 1 fully saturated rings. The lowest BCUT2D eigenvalue weighted by Gasteiger charge is -2.25. The fourth-order valence-corrected chi connectivity index (χ4v) is 2.35. The van der Waals surface area contributed by atoms with E-state index < -0.39 is 11.5 Å². The zero-order valence-electron chi connectivity index (χ0n) is 9.56. The third-order valence-corrected chi connectivity index (χ3v) is 3.29. The van der Waals surface area contributed by atoms with Gasteiger partial charge in [-0.25, -0.2) is 0 Å². The molecule has 16 heavy (non-hydrogen) atoms. The predicted molar refractivity (Wildman–Crippen MR) is 63.3 cm³/mol. The fourth-order valence-electron chi connectivity index (χ4n) is 2.35. The fraction of sp³-hybridized carbons (Fsp3) is 0.900. The molecule has 0 aromatic heterocycles. The second kappa shape index (κ2) is 5.66. The highest BCUT2D eigenvalue weighted by atomic mass is 16.4. The molecule has 0 spiro atoms. The Hall–Kier alpha value is -0.585. The van der Waals surface area contributed by atoms with E-state index >= 15 is 0 Å². The van der Waals surface area contributed by atoms with Gasteiger partial charge in [0.05, 0.1) is 7.85 Å². The zero-order valence-corrected chi connectivity index (χ0v) is 9.56. The molecule has 0 amide bonds. The van der Waals surface area contributed by atoms with Crippen molar-refractivity contribution in [3.63, 3.8) is 0 Å². The molecule has 1 rings (SSSR count). The lowest BCUT2D eigenvalue weighted by molar-refractivity contribution is -0.144. The van der Waals surface area contributed by atoms with Crippen LogP contribution in [0.25, 0.3) is 0 Å². The van der Waals surface area contributed by atoms with E-state index in [0.29, 0.717) is 32.5 Å². The van der Waals surface area contributed by atoms with Crippen LogP contribution in [0, 0.1) is 5.92 Å². The first-order valence-corrected chi connectivity index (χ1v) is 5.69. The highest BCUT2D eigenvalue weighted by Gasteiger charge is 2.48. The van der Waals surface area contributed by atoms with Crippen molar-refractivity contribution in [1.82, 2.24) is 4.90 Å². The molecular formula is C10H20BN3O2. The van der Waals surface area contributed by atoms with Gasteiger partial charge in [-0.15, -0.1) is 0 Å². The molecule has 0 aromatic carbocycles. The summed E-state index contributed by atoms with van der Waals surface area (Å²) in [6.45, 7) is 2.32. The molecule has 1 saturated heterocycles. The third kappa shape index (κ3) is 2.75. The van der Waals surface area contributed by atoms with Crippen LogP contribution >= 0.6 is 0 Å². The van der Waals surface area contributed by atoms with Gasteiger partial charge in [0.15, 0.2) is 0 Å². The quantitative estimate of drug-likeness (QED) is 0.505. The Kier molecular flexibility index (Phi) is 4.77. The first-order chi connectivity index (χ1) is 7.54. The van der Waals surface area contributed by atoms with E-state index in [0.717, 1.165) is 12.8 Å². The Balaban J connectivity index is 2.67. The monoisotopic (exact) mass is 225 g/mol. The SMILES string of the molecule is [B]CCC[C@H]1CN(CCN)C[C@@]1(N)C(=O)O. The van der Waals surface area contributed by atoms with Gasteiger partial charge >= 0.3 is 5.97 Å². The number of carbonyl (C=O) groups is 1. The van der Waals surface area contributed by atoms with E-state index in [4.69, 9.17) is 19.3 Å². The number of nitrogens with zero attached hydrogens (tertiary/aromatic N) is 1. The average Bonchev–Trinajstić information content (AvgIpc) is 2.54. The topological polar surface area (TPSA) is 92.6 Å². The predicted octanol–water partition coefficient (Wildman–Crippen LogP) is -0.974. The number of rotatable bonds is 6. The summed E-state index contributed by atoms with van der Waals surface area (Å²) < 4.78 is 0. The van der Waals surface area contributed by atoms with E-state index in [2.05, 4.69) is 0 Å². The molecule has 6 heteroatoms. The van der Waals surface area contributed by atoms with Crippen LogP contribution in [0.15, 0.2) is 0 Å². The van der Waals surface area contributed by atoms with E-state index in [1.165, 1.54) is 0 Å².